The number of amides is 1. The van der Waals surface area contributed by atoms with E-state index in [1.54, 1.807) is 0 Å². The molecule has 0 bridgehead atoms. The fraction of sp³-hybridized carbons (Fsp3) is 0.500. The number of ether oxygens (including phenoxy) is 5. The Balaban J connectivity index is 2.82. The lowest BCUT2D eigenvalue weighted by Crippen LogP contribution is -2.60. The van der Waals surface area contributed by atoms with Gasteiger partial charge in [-0.25, -0.2) is 8.42 Å². The number of sulfone groups is 1. The second kappa shape index (κ2) is 12.7. The minimum absolute atomic E-state index is 0.0331. The maximum Gasteiger partial charge on any atom is 0.303 e. The first-order valence-electron chi connectivity index (χ1n) is 11.5. The second-order valence-electron chi connectivity index (χ2n) is 8.46. The highest BCUT2D eigenvalue weighted by Crippen LogP contribution is 2.42. The third-order valence-electron chi connectivity index (χ3n) is 5.31. The van der Waals surface area contributed by atoms with Crippen LogP contribution in [-0.4, -0.2) is 80.6 Å². The molecule has 1 amide bonds. The minimum Gasteiger partial charge on any atom is -0.462 e. The topological polar surface area (TPSA) is 186 Å². The highest BCUT2D eigenvalue weighted by Gasteiger charge is 2.57. The third kappa shape index (κ3) is 7.52. The molecule has 1 unspecified atom stereocenters. The molecule has 15 heteroatoms. The van der Waals surface area contributed by atoms with Crippen LogP contribution in [0.1, 0.15) is 41.5 Å². The molecule has 2 rings (SSSR count). The van der Waals surface area contributed by atoms with E-state index in [-0.39, 0.29) is 10.6 Å². The van der Waals surface area contributed by atoms with Gasteiger partial charge in [0.05, 0.1) is 10.6 Å². The molecule has 0 N–H and O–H groups in total. The highest BCUT2D eigenvalue weighted by atomic mass is 32.2. The number of carbonyl (C=O) groups is 6. The van der Waals surface area contributed by atoms with Gasteiger partial charge in [-0.05, 0) is 12.1 Å². The first-order chi connectivity index (χ1) is 18.1. The molecule has 1 aromatic rings. The molecule has 14 nitrogen and oxygen atoms in total. The van der Waals surface area contributed by atoms with Crippen LogP contribution in [0.2, 0.25) is 0 Å². The molecule has 5 atom stereocenters. The molecule has 0 saturated heterocycles. The third-order valence-corrected chi connectivity index (χ3v) is 7.39. The Morgan fingerprint density at radius 3 is 1.74 bits per heavy atom. The van der Waals surface area contributed by atoms with E-state index in [1.165, 1.54) is 24.3 Å². The van der Waals surface area contributed by atoms with Crippen molar-refractivity contribution in [2.75, 3.05) is 11.5 Å². The fourth-order valence-corrected chi connectivity index (χ4v) is 6.21. The van der Waals surface area contributed by atoms with Crippen LogP contribution in [0.25, 0.3) is 0 Å². The average molecular weight is 572 g/mol. The van der Waals surface area contributed by atoms with Crippen LogP contribution in [0, 0.1) is 0 Å². The van der Waals surface area contributed by atoms with Gasteiger partial charge < -0.3 is 23.7 Å². The van der Waals surface area contributed by atoms with Gasteiger partial charge in [-0.1, -0.05) is 12.1 Å². The second-order valence-corrected chi connectivity index (χ2v) is 10.5. The van der Waals surface area contributed by atoms with Crippen LogP contribution in [0.15, 0.2) is 29.2 Å². The molecule has 0 aliphatic carbocycles. The average Bonchev–Trinajstić information content (AvgIpc) is 3.04. The van der Waals surface area contributed by atoms with E-state index in [2.05, 4.69) is 0 Å². The summed E-state index contributed by atoms with van der Waals surface area (Å²) in [6.45, 7) is 5.23. The van der Waals surface area contributed by atoms with Gasteiger partial charge in [0.1, 0.15) is 6.61 Å². The van der Waals surface area contributed by atoms with E-state index in [1.807, 2.05) is 0 Å². The molecule has 1 aliphatic heterocycles. The zero-order chi connectivity index (χ0) is 29.7. The molecule has 0 spiro atoms. The lowest BCUT2D eigenvalue weighted by atomic mass is 10.0. The predicted molar refractivity (Wildman–Crippen MR) is 129 cm³/mol. The van der Waals surface area contributed by atoms with Gasteiger partial charge in [-0.2, -0.15) is 0 Å². The number of hydrogen-bond acceptors (Lipinski definition) is 13. The Labute approximate surface area is 224 Å². The number of hydrogen-bond donors (Lipinski definition) is 0. The van der Waals surface area contributed by atoms with E-state index in [0.717, 1.165) is 46.4 Å². The molecule has 1 heterocycles. The lowest BCUT2D eigenvalue weighted by Gasteiger charge is -2.38. The Kier molecular flexibility index (Phi) is 10.2. The van der Waals surface area contributed by atoms with Crippen LogP contribution < -0.4 is 4.90 Å². The maximum atomic E-state index is 13.7. The molecule has 0 aromatic heterocycles. The van der Waals surface area contributed by atoms with Crippen molar-refractivity contribution >= 4 is 51.3 Å². The fourth-order valence-electron chi connectivity index (χ4n) is 4.12. The van der Waals surface area contributed by atoms with E-state index in [9.17, 15) is 37.2 Å². The van der Waals surface area contributed by atoms with Gasteiger partial charge in [0, 0.05) is 41.5 Å². The molecule has 1 aliphatic rings. The molecule has 0 radical (unpaired) electrons. The summed E-state index contributed by atoms with van der Waals surface area (Å²) < 4.78 is 53.6. The Hall–Kier alpha value is -4.01. The monoisotopic (exact) mass is 571 g/mol. The normalized spacial score (nSPS) is 18.4. The largest absolute Gasteiger partial charge is 0.462 e. The maximum absolute atomic E-state index is 13.7. The molecule has 39 heavy (non-hydrogen) atoms. The van der Waals surface area contributed by atoms with E-state index >= 15 is 0 Å². The zero-order valence-corrected chi connectivity index (χ0v) is 22.9. The summed E-state index contributed by atoms with van der Waals surface area (Å²) in [5.74, 6) is -5.59. The van der Waals surface area contributed by atoms with Gasteiger partial charge in [-0.15, -0.1) is 0 Å². The zero-order valence-electron chi connectivity index (χ0n) is 22.1. The summed E-state index contributed by atoms with van der Waals surface area (Å²) in [6.07, 6.45) is -7.53. The summed E-state index contributed by atoms with van der Waals surface area (Å²) in [7, 11) is -4.50. The van der Waals surface area contributed by atoms with Gasteiger partial charge in [-0.3, -0.25) is 33.7 Å². The molecular weight excluding hydrogens is 542 g/mol. The smallest absolute Gasteiger partial charge is 0.303 e. The van der Waals surface area contributed by atoms with Crippen molar-refractivity contribution in [1.29, 1.82) is 0 Å². The Bertz CT molecular complexity index is 1260. The van der Waals surface area contributed by atoms with Crippen molar-refractivity contribution in [2.24, 2.45) is 0 Å². The van der Waals surface area contributed by atoms with Crippen LogP contribution in [0.3, 0.4) is 0 Å². The molecular formula is C24H29NO13S. The van der Waals surface area contributed by atoms with Crippen LogP contribution in [0.4, 0.5) is 5.69 Å². The van der Waals surface area contributed by atoms with E-state index < -0.39 is 82.0 Å². The number of rotatable bonds is 10. The van der Waals surface area contributed by atoms with Crippen molar-refractivity contribution in [1.82, 2.24) is 0 Å². The quantitative estimate of drug-likeness (QED) is 0.278. The predicted octanol–water partition coefficient (Wildman–Crippen LogP) is 0.443. The van der Waals surface area contributed by atoms with Crippen LogP contribution >= 0.6 is 0 Å². The van der Waals surface area contributed by atoms with E-state index in [4.69, 9.17) is 23.7 Å². The summed E-state index contributed by atoms with van der Waals surface area (Å²) in [6, 6.07) is 5.48. The minimum atomic E-state index is -4.50. The SMILES string of the molecule is CC(=O)OC[C@@H](OC(C)=O)[C@H](OC(C)=O)[C@H](OC(C)=O)[C@@H](OC(C)=O)C1N(C(C)=O)c2ccccc2S1(=O)=O. The summed E-state index contributed by atoms with van der Waals surface area (Å²) in [5, 5.41) is -1.99. The summed E-state index contributed by atoms with van der Waals surface area (Å²) in [4.78, 5) is 73.3. The molecule has 214 valence electrons. The lowest BCUT2D eigenvalue weighted by molar-refractivity contribution is -0.202. The van der Waals surface area contributed by atoms with Gasteiger partial charge in [0.15, 0.2) is 29.8 Å². The Morgan fingerprint density at radius 1 is 0.744 bits per heavy atom. The number of carbonyl (C=O) groups excluding carboxylic acids is 6. The number of fused-ring (bicyclic) bond motifs is 1. The number of anilines is 1. The van der Waals surface area contributed by atoms with Crippen LogP contribution in [-0.2, 0) is 62.3 Å². The molecule has 0 saturated carbocycles. The van der Waals surface area contributed by atoms with Gasteiger partial charge in [0.25, 0.3) is 0 Å². The van der Waals surface area contributed by atoms with E-state index in [0.29, 0.717) is 0 Å². The molecule has 1 aromatic carbocycles. The van der Waals surface area contributed by atoms with Crippen molar-refractivity contribution < 1.29 is 60.9 Å². The summed E-state index contributed by atoms with van der Waals surface area (Å²) in [5.41, 5.74) is -0.0331. The number of nitrogens with zero attached hydrogens (tertiary/aromatic N) is 1. The molecule has 0 fully saturated rings. The standard InChI is InChI=1S/C24H29NO13S/c1-12(26)25-18-9-7-8-10-20(18)39(32,33)24(25)23(38-17(6)31)22(37-16(5)30)21(36-15(4)29)19(35-14(3)28)11-34-13(2)27/h7-10,19,21-24H,11H2,1-6H3/t19-,21+,22+,23-,24?/m1/s1. The van der Waals surface area contributed by atoms with Crippen molar-refractivity contribution in [3.63, 3.8) is 0 Å². The van der Waals surface area contributed by atoms with Crippen molar-refractivity contribution in [3.8, 4) is 0 Å². The van der Waals surface area contributed by atoms with Gasteiger partial charge in [0.2, 0.25) is 15.7 Å². The number of para-hydroxylation sites is 1. The van der Waals surface area contributed by atoms with Gasteiger partial charge >= 0.3 is 29.8 Å². The number of esters is 5. The van der Waals surface area contributed by atoms with Crippen LogP contribution in [0.5, 0.6) is 0 Å². The number of benzene rings is 1. The first-order valence-corrected chi connectivity index (χ1v) is 13.1. The van der Waals surface area contributed by atoms with Crippen molar-refractivity contribution in [2.45, 2.75) is 76.2 Å². The highest BCUT2D eigenvalue weighted by molar-refractivity contribution is 7.92. The Morgan fingerprint density at radius 2 is 1.26 bits per heavy atom. The van der Waals surface area contributed by atoms with Crippen molar-refractivity contribution in [3.05, 3.63) is 24.3 Å². The first kappa shape index (κ1) is 31.2. The summed E-state index contributed by atoms with van der Waals surface area (Å²) >= 11 is 0.